The van der Waals surface area contributed by atoms with E-state index >= 15 is 0 Å². The van der Waals surface area contributed by atoms with Gasteiger partial charge in [-0.25, -0.2) is 0 Å². The van der Waals surface area contributed by atoms with Crippen LogP contribution < -0.4 is 10.7 Å². The zero-order chi connectivity index (χ0) is 17.6. The first-order valence-corrected chi connectivity index (χ1v) is 10.5. The van der Waals surface area contributed by atoms with E-state index in [0.29, 0.717) is 27.1 Å². The summed E-state index contributed by atoms with van der Waals surface area (Å²) in [6.45, 7) is 0. The summed E-state index contributed by atoms with van der Waals surface area (Å²) in [7, 11) is 0. The van der Waals surface area contributed by atoms with Gasteiger partial charge in [0.25, 0.3) is 0 Å². The van der Waals surface area contributed by atoms with Crippen LogP contribution in [-0.4, -0.2) is 22.5 Å². The van der Waals surface area contributed by atoms with Crippen molar-refractivity contribution in [3.05, 3.63) is 38.8 Å². The Labute approximate surface area is 169 Å². The van der Waals surface area contributed by atoms with Gasteiger partial charge < -0.3 is 10.4 Å². The van der Waals surface area contributed by atoms with Crippen LogP contribution in [0.15, 0.2) is 38.3 Å². The molecule has 2 fully saturated rings. The van der Waals surface area contributed by atoms with Gasteiger partial charge in [0, 0.05) is 16.1 Å². The number of fused-ring (bicyclic) bond motifs is 5. The first-order valence-electron chi connectivity index (χ1n) is 8.47. The normalized spacial score (nSPS) is 32.3. The lowest BCUT2D eigenvalue weighted by Gasteiger charge is -2.32. The van der Waals surface area contributed by atoms with Crippen molar-refractivity contribution < 1.29 is 5.11 Å². The van der Waals surface area contributed by atoms with Gasteiger partial charge in [-0.15, -0.1) is 0 Å². The molecule has 3 aliphatic rings. The third-order valence-corrected chi connectivity index (χ3v) is 7.02. The maximum absolute atomic E-state index is 10.0. The van der Waals surface area contributed by atoms with Gasteiger partial charge in [0.2, 0.25) is 0 Å². The zero-order valence-electron chi connectivity index (χ0n) is 13.5. The molecule has 132 valence electrons. The Morgan fingerprint density at radius 1 is 1.28 bits per heavy atom. The van der Waals surface area contributed by atoms with Crippen LogP contribution in [0.2, 0.25) is 0 Å². The van der Waals surface area contributed by atoms with Crippen LogP contribution in [0.4, 0.5) is 0 Å². The molecule has 3 N–H and O–H groups in total. The second-order valence-corrected chi connectivity index (χ2v) is 9.25. The summed E-state index contributed by atoms with van der Waals surface area (Å²) in [6.07, 6.45) is 10.1. The van der Waals surface area contributed by atoms with E-state index < -0.39 is 0 Å². The van der Waals surface area contributed by atoms with Crippen LogP contribution in [0, 0.1) is 23.7 Å². The first-order chi connectivity index (χ1) is 12.0. The molecule has 2 bridgehead atoms. The number of hydrogen-bond acceptors (Lipinski definition) is 3. The lowest BCUT2D eigenvalue weighted by molar-refractivity contribution is 0.246. The fraction of sp³-hybridized carbons (Fsp3) is 0.444. The van der Waals surface area contributed by atoms with Crippen molar-refractivity contribution >= 4 is 55.4 Å². The van der Waals surface area contributed by atoms with E-state index in [4.69, 9.17) is 12.2 Å². The predicted molar refractivity (Wildman–Crippen MR) is 111 cm³/mol. The Morgan fingerprint density at radius 3 is 2.96 bits per heavy atom. The molecular weight excluding hydrogens is 466 g/mol. The summed E-state index contributed by atoms with van der Waals surface area (Å²) in [6, 6.07) is 4.02. The maximum atomic E-state index is 10.0. The minimum atomic E-state index is 0.153. The molecule has 4 rings (SSSR count). The molecule has 0 radical (unpaired) electrons. The van der Waals surface area contributed by atoms with Crippen LogP contribution in [0.1, 0.15) is 24.8 Å². The summed E-state index contributed by atoms with van der Waals surface area (Å²) in [4.78, 5) is 0. The Balaban J connectivity index is 1.34. The average molecular weight is 485 g/mol. The van der Waals surface area contributed by atoms with Crippen LogP contribution in [0.5, 0.6) is 5.75 Å². The number of phenolic OH excluding ortho intramolecular Hbond substituents is 1. The smallest absolute Gasteiger partial charge is 0.187 e. The largest absolute Gasteiger partial charge is 0.506 e. The zero-order valence-corrected chi connectivity index (χ0v) is 17.4. The van der Waals surface area contributed by atoms with Gasteiger partial charge in [-0.05, 0) is 83.2 Å². The molecule has 0 heterocycles. The summed E-state index contributed by atoms with van der Waals surface area (Å²) in [5, 5.41) is 18.2. The lowest BCUT2D eigenvalue weighted by atomic mass is 9.79. The van der Waals surface area contributed by atoms with E-state index in [2.05, 4.69) is 59.9 Å². The topological polar surface area (TPSA) is 56.7 Å². The number of nitrogens with one attached hydrogen (secondary N) is 2. The number of benzene rings is 1. The van der Waals surface area contributed by atoms with E-state index in [1.165, 1.54) is 19.3 Å². The van der Waals surface area contributed by atoms with E-state index in [-0.39, 0.29) is 5.75 Å². The molecule has 0 spiro atoms. The predicted octanol–water partition coefficient (Wildman–Crippen LogP) is 4.32. The van der Waals surface area contributed by atoms with Gasteiger partial charge in [-0.2, -0.15) is 5.10 Å². The second kappa shape index (κ2) is 7.00. The van der Waals surface area contributed by atoms with Gasteiger partial charge in [0.1, 0.15) is 5.75 Å². The molecule has 2 saturated carbocycles. The van der Waals surface area contributed by atoms with Crippen molar-refractivity contribution in [2.24, 2.45) is 28.8 Å². The van der Waals surface area contributed by atoms with Crippen molar-refractivity contribution in [1.29, 1.82) is 0 Å². The fourth-order valence-electron chi connectivity index (χ4n) is 4.76. The highest BCUT2D eigenvalue weighted by atomic mass is 79.9. The monoisotopic (exact) mass is 483 g/mol. The second-order valence-electron chi connectivity index (χ2n) is 7.08. The number of nitrogens with zero attached hydrogens (tertiary/aromatic N) is 1. The maximum Gasteiger partial charge on any atom is 0.187 e. The Kier molecular flexibility index (Phi) is 4.90. The molecule has 0 aliphatic heterocycles. The van der Waals surface area contributed by atoms with Crippen LogP contribution in [0.25, 0.3) is 0 Å². The van der Waals surface area contributed by atoms with Crippen molar-refractivity contribution in [2.75, 3.05) is 0 Å². The number of hydrazone groups is 1. The molecule has 7 heteroatoms. The van der Waals surface area contributed by atoms with Gasteiger partial charge >= 0.3 is 0 Å². The summed E-state index contributed by atoms with van der Waals surface area (Å²) < 4.78 is 1.48. The third kappa shape index (κ3) is 3.38. The highest BCUT2D eigenvalue weighted by Crippen LogP contribution is 2.56. The van der Waals surface area contributed by atoms with Crippen molar-refractivity contribution in [3.8, 4) is 5.75 Å². The van der Waals surface area contributed by atoms with Gasteiger partial charge in [-0.3, -0.25) is 5.43 Å². The first kappa shape index (κ1) is 17.5. The van der Waals surface area contributed by atoms with Crippen LogP contribution in [-0.2, 0) is 0 Å². The quantitative estimate of drug-likeness (QED) is 0.259. The van der Waals surface area contributed by atoms with Crippen molar-refractivity contribution in [3.63, 3.8) is 0 Å². The lowest BCUT2D eigenvalue weighted by Crippen LogP contribution is -2.45. The number of phenols is 1. The molecule has 1 aromatic carbocycles. The molecule has 3 aliphatic carbocycles. The molecule has 5 atom stereocenters. The highest BCUT2D eigenvalue weighted by Gasteiger charge is 2.52. The molecule has 0 saturated heterocycles. The summed E-state index contributed by atoms with van der Waals surface area (Å²) >= 11 is 12.1. The number of allylic oxidation sites excluding steroid dienone is 2. The minimum Gasteiger partial charge on any atom is -0.506 e. The number of hydrogen-bond donors (Lipinski definition) is 3. The number of rotatable bonds is 3. The van der Waals surface area contributed by atoms with Crippen LogP contribution in [0.3, 0.4) is 0 Å². The Morgan fingerprint density at radius 2 is 2.12 bits per heavy atom. The van der Waals surface area contributed by atoms with E-state index in [9.17, 15) is 5.11 Å². The van der Waals surface area contributed by atoms with E-state index in [1.807, 2.05) is 0 Å². The number of thiocarbonyl (C=S) groups is 1. The molecule has 0 amide bonds. The molecule has 4 nitrogen and oxygen atoms in total. The summed E-state index contributed by atoms with van der Waals surface area (Å²) in [5.41, 5.74) is 3.48. The Bertz CT molecular complexity index is 767. The van der Waals surface area contributed by atoms with Gasteiger partial charge in [0.15, 0.2) is 5.11 Å². The van der Waals surface area contributed by atoms with Gasteiger partial charge in [0.05, 0.1) is 10.7 Å². The molecule has 1 aromatic rings. The molecule has 25 heavy (non-hydrogen) atoms. The average Bonchev–Trinajstić information content (AvgIpc) is 3.24. The minimum absolute atomic E-state index is 0.153. The van der Waals surface area contributed by atoms with Gasteiger partial charge in [-0.1, -0.05) is 28.1 Å². The molecular formula is C18H19Br2N3OS. The Hall–Kier alpha value is -0.920. The summed E-state index contributed by atoms with van der Waals surface area (Å²) in [5.74, 6) is 3.30. The van der Waals surface area contributed by atoms with Crippen molar-refractivity contribution in [1.82, 2.24) is 10.7 Å². The number of aromatic hydroxyl groups is 1. The van der Waals surface area contributed by atoms with E-state index in [1.54, 1.807) is 18.3 Å². The standard InChI is InChI=1S/C18H19Br2N3OS/c19-11-4-10(17(24)15(20)7-11)8-21-23-18(25)22-16-6-9-5-14(16)13-3-1-2-12(9)13/h1,3-4,7-9,12-14,16,24H,2,5-6H2,(H2,22,23,25)/b21-8-/t9-,12+,13+,14+,16-/m1/s1. The third-order valence-electron chi connectivity index (χ3n) is 5.75. The molecule has 0 unspecified atom stereocenters. The molecule has 0 aromatic heterocycles. The SMILES string of the molecule is Oc1c(Br)cc(Br)cc1/C=N\NC(=S)N[C@@H]1C[C@H]2C[C@H]1[C@H]1C=CC[C@@H]21. The fourth-order valence-corrected chi connectivity index (χ4v) is 6.22. The van der Waals surface area contributed by atoms with Crippen LogP contribution >= 0.6 is 44.1 Å². The highest BCUT2D eigenvalue weighted by molar-refractivity contribution is 9.11. The number of halogens is 2. The van der Waals surface area contributed by atoms with E-state index in [0.717, 1.165) is 22.2 Å². The van der Waals surface area contributed by atoms with Crippen molar-refractivity contribution in [2.45, 2.75) is 25.3 Å².